The lowest BCUT2D eigenvalue weighted by Gasteiger charge is -2.16. The van der Waals surface area contributed by atoms with Crippen LogP contribution in [-0.4, -0.2) is 38.7 Å². The molecule has 0 spiro atoms. The van der Waals surface area contributed by atoms with Crippen LogP contribution in [0.15, 0.2) is 42.9 Å². The number of rotatable bonds is 2. The van der Waals surface area contributed by atoms with Crippen LogP contribution in [-0.2, 0) is 0 Å². The highest BCUT2D eigenvalue weighted by molar-refractivity contribution is 6.06. The Hall–Kier alpha value is -3.07. The van der Waals surface area contributed by atoms with Crippen LogP contribution < -0.4 is 0 Å². The average Bonchev–Trinajstić information content (AvgIpc) is 3.31. The summed E-state index contributed by atoms with van der Waals surface area (Å²) in [4.78, 5) is 17.8. The van der Waals surface area contributed by atoms with Crippen molar-refractivity contribution in [1.29, 1.82) is 5.26 Å². The standard InChI is InChI=1S/C17H15N5O/c18-7-12-8-20-22(10-12)13-5-6-21(11-13)17(23)15-9-19-16-4-2-1-3-14(15)16/h1-4,8-10,13,19H,5-6,11H2. The van der Waals surface area contributed by atoms with Gasteiger partial charge >= 0.3 is 0 Å². The molecule has 1 aliphatic heterocycles. The summed E-state index contributed by atoms with van der Waals surface area (Å²) < 4.78 is 1.79. The number of hydrogen-bond acceptors (Lipinski definition) is 3. The lowest BCUT2D eigenvalue weighted by molar-refractivity contribution is 0.0789. The maximum absolute atomic E-state index is 12.8. The van der Waals surface area contributed by atoms with E-state index in [-0.39, 0.29) is 11.9 Å². The molecule has 1 N–H and O–H groups in total. The van der Waals surface area contributed by atoms with Crippen molar-refractivity contribution in [2.75, 3.05) is 13.1 Å². The van der Waals surface area contributed by atoms with Crippen molar-refractivity contribution in [1.82, 2.24) is 19.7 Å². The molecule has 0 radical (unpaired) electrons. The molecule has 6 heteroatoms. The van der Waals surface area contributed by atoms with Crippen molar-refractivity contribution in [3.63, 3.8) is 0 Å². The highest BCUT2D eigenvalue weighted by atomic mass is 16.2. The van der Waals surface area contributed by atoms with Crippen LogP contribution in [0.5, 0.6) is 0 Å². The fraction of sp³-hybridized carbons (Fsp3) is 0.235. The molecule has 0 saturated carbocycles. The average molecular weight is 305 g/mol. The third kappa shape index (κ3) is 2.27. The van der Waals surface area contributed by atoms with E-state index in [1.165, 1.54) is 0 Å². The van der Waals surface area contributed by atoms with Gasteiger partial charge < -0.3 is 9.88 Å². The predicted octanol–water partition coefficient (Wildman–Crippen LogP) is 2.32. The van der Waals surface area contributed by atoms with E-state index in [1.54, 1.807) is 23.3 Å². The molecule has 6 nitrogen and oxygen atoms in total. The lowest BCUT2D eigenvalue weighted by Crippen LogP contribution is -2.29. The number of fused-ring (bicyclic) bond motifs is 1. The van der Waals surface area contributed by atoms with Gasteiger partial charge in [-0.3, -0.25) is 9.48 Å². The number of amides is 1. The number of hydrogen-bond donors (Lipinski definition) is 1. The quantitative estimate of drug-likeness (QED) is 0.789. The first-order valence-electron chi connectivity index (χ1n) is 7.56. The monoisotopic (exact) mass is 305 g/mol. The lowest BCUT2D eigenvalue weighted by atomic mass is 10.1. The molecule has 1 aliphatic rings. The van der Waals surface area contributed by atoms with Crippen LogP contribution in [0, 0.1) is 11.3 Å². The summed E-state index contributed by atoms with van der Waals surface area (Å²) in [5.41, 5.74) is 2.23. The van der Waals surface area contributed by atoms with Crippen molar-refractivity contribution >= 4 is 16.8 Å². The second kappa shape index (κ2) is 5.29. The van der Waals surface area contributed by atoms with Gasteiger partial charge in [0, 0.05) is 36.4 Å². The minimum Gasteiger partial charge on any atom is -0.360 e. The molecule has 0 bridgehead atoms. The van der Waals surface area contributed by atoms with Gasteiger partial charge in [0.05, 0.1) is 23.4 Å². The normalized spacial score (nSPS) is 17.5. The second-order valence-corrected chi connectivity index (χ2v) is 5.76. The SMILES string of the molecule is N#Cc1cnn(C2CCN(C(=O)c3c[nH]c4ccccc34)C2)c1. The summed E-state index contributed by atoms with van der Waals surface area (Å²) in [6.45, 7) is 1.32. The fourth-order valence-corrected chi connectivity index (χ4v) is 3.16. The van der Waals surface area contributed by atoms with Gasteiger partial charge in [0.1, 0.15) is 6.07 Å². The first-order valence-corrected chi connectivity index (χ1v) is 7.56. The molecule has 0 aliphatic carbocycles. The smallest absolute Gasteiger partial charge is 0.256 e. The summed E-state index contributed by atoms with van der Waals surface area (Å²) in [5.74, 6) is 0.0395. The Kier molecular flexibility index (Phi) is 3.12. The molecular weight excluding hydrogens is 290 g/mol. The van der Waals surface area contributed by atoms with Gasteiger partial charge in [0.15, 0.2) is 0 Å². The number of likely N-dealkylation sites (tertiary alicyclic amines) is 1. The van der Waals surface area contributed by atoms with Crippen molar-refractivity contribution in [2.24, 2.45) is 0 Å². The molecule has 4 rings (SSSR count). The largest absolute Gasteiger partial charge is 0.360 e. The number of para-hydroxylation sites is 1. The summed E-state index contributed by atoms with van der Waals surface area (Å²) in [6, 6.07) is 10.0. The van der Waals surface area contributed by atoms with Crippen LogP contribution >= 0.6 is 0 Å². The number of carbonyl (C=O) groups excluding carboxylic acids is 1. The minimum absolute atomic E-state index is 0.0395. The van der Waals surface area contributed by atoms with Gasteiger partial charge in [-0.25, -0.2) is 0 Å². The van der Waals surface area contributed by atoms with Crippen molar-refractivity contribution in [3.05, 3.63) is 54.0 Å². The van der Waals surface area contributed by atoms with E-state index in [9.17, 15) is 4.79 Å². The third-order valence-corrected chi connectivity index (χ3v) is 4.37. The Morgan fingerprint density at radius 1 is 1.39 bits per heavy atom. The van der Waals surface area contributed by atoms with Gasteiger partial charge in [-0.2, -0.15) is 10.4 Å². The molecule has 1 fully saturated rings. The zero-order valence-electron chi connectivity index (χ0n) is 12.4. The fourth-order valence-electron chi connectivity index (χ4n) is 3.16. The van der Waals surface area contributed by atoms with Crippen molar-refractivity contribution in [3.8, 4) is 6.07 Å². The number of benzene rings is 1. The summed E-state index contributed by atoms with van der Waals surface area (Å²) >= 11 is 0. The Morgan fingerprint density at radius 2 is 2.26 bits per heavy atom. The van der Waals surface area contributed by atoms with E-state index >= 15 is 0 Å². The van der Waals surface area contributed by atoms with Crippen molar-refractivity contribution in [2.45, 2.75) is 12.5 Å². The zero-order valence-corrected chi connectivity index (χ0v) is 12.4. The van der Waals surface area contributed by atoms with E-state index in [2.05, 4.69) is 16.2 Å². The van der Waals surface area contributed by atoms with E-state index < -0.39 is 0 Å². The third-order valence-electron chi connectivity index (χ3n) is 4.37. The number of aromatic nitrogens is 3. The zero-order chi connectivity index (χ0) is 15.8. The van der Waals surface area contributed by atoms with E-state index in [0.29, 0.717) is 24.2 Å². The molecule has 1 atom stereocenters. The molecule has 2 aromatic heterocycles. The Bertz CT molecular complexity index is 916. The highest BCUT2D eigenvalue weighted by Gasteiger charge is 2.29. The maximum atomic E-state index is 12.8. The predicted molar refractivity (Wildman–Crippen MR) is 84.8 cm³/mol. The van der Waals surface area contributed by atoms with Gasteiger partial charge in [-0.15, -0.1) is 0 Å². The molecular formula is C17H15N5O. The number of nitrogens with one attached hydrogen (secondary N) is 1. The second-order valence-electron chi connectivity index (χ2n) is 5.76. The first-order chi connectivity index (χ1) is 11.3. The number of nitrogens with zero attached hydrogens (tertiary/aromatic N) is 4. The number of nitriles is 1. The van der Waals surface area contributed by atoms with Crippen LogP contribution in [0.1, 0.15) is 28.4 Å². The number of H-pyrrole nitrogens is 1. The van der Waals surface area contributed by atoms with Crippen LogP contribution in [0.25, 0.3) is 10.9 Å². The summed E-state index contributed by atoms with van der Waals surface area (Å²) in [7, 11) is 0. The first kappa shape index (κ1) is 13.6. The van der Waals surface area contributed by atoms with Crippen LogP contribution in [0.2, 0.25) is 0 Å². The topological polar surface area (TPSA) is 77.7 Å². The van der Waals surface area contributed by atoms with Gasteiger partial charge in [0.25, 0.3) is 5.91 Å². The maximum Gasteiger partial charge on any atom is 0.256 e. The number of carbonyl (C=O) groups is 1. The summed E-state index contributed by atoms with van der Waals surface area (Å²) in [6.07, 6.45) is 5.93. The molecule has 1 unspecified atom stereocenters. The van der Waals surface area contributed by atoms with Gasteiger partial charge in [-0.1, -0.05) is 18.2 Å². The molecule has 3 aromatic rings. The summed E-state index contributed by atoms with van der Waals surface area (Å²) in [5, 5.41) is 14.1. The van der Waals surface area contributed by atoms with Crippen molar-refractivity contribution < 1.29 is 4.79 Å². The van der Waals surface area contributed by atoms with E-state index in [1.807, 2.05) is 29.2 Å². The van der Waals surface area contributed by atoms with E-state index in [4.69, 9.17) is 5.26 Å². The Labute approximate surface area is 132 Å². The van der Waals surface area contributed by atoms with Gasteiger partial charge in [0.2, 0.25) is 0 Å². The Balaban J connectivity index is 1.55. The van der Waals surface area contributed by atoms with E-state index in [0.717, 1.165) is 17.3 Å². The molecule has 1 amide bonds. The molecule has 1 aromatic carbocycles. The molecule has 3 heterocycles. The highest BCUT2D eigenvalue weighted by Crippen LogP contribution is 2.25. The number of aromatic amines is 1. The van der Waals surface area contributed by atoms with Gasteiger partial charge in [-0.05, 0) is 12.5 Å². The van der Waals surface area contributed by atoms with Crippen LogP contribution in [0.3, 0.4) is 0 Å². The molecule has 1 saturated heterocycles. The minimum atomic E-state index is 0.0395. The molecule has 114 valence electrons. The molecule has 23 heavy (non-hydrogen) atoms. The van der Waals surface area contributed by atoms with Crippen LogP contribution in [0.4, 0.5) is 0 Å². The Morgan fingerprint density at radius 3 is 3.09 bits per heavy atom.